The van der Waals surface area contributed by atoms with E-state index in [1.54, 1.807) is 0 Å². The Hall–Kier alpha value is -1.10. The van der Waals surface area contributed by atoms with E-state index in [9.17, 15) is 4.79 Å². The first-order valence-electron chi connectivity index (χ1n) is 7.44. The Morgan fingerprint density at radius 1 is 1.38 bits per heavy atom. The number of amides is 1. The van der Waals surface area contributed by atoms with E-state index in [0.717, 1.165) is 37.5 Å². The SMILES string of the molecule is CN(C)CC(=O)N[C@H]1CCCN(Cc2ccc(Cl)cc2)C1. The van der Waals surface area contributed by atoms with Gasteiger partial charge in [-0.05, 0) is 51.2 Å². The molecule has 1 fully saturated rings. The number of rotatable bonds is 5. The van der Waals surface area contributed by atoms with E-state index in [2.05, 4.69) is 22.3 Å². The summed E-state index contributed by atoms with van der Waals surface area (Å²) in [5, 5.41) is 3.90. The summed E-state index contributed by atoms with van der Waals surface area (Å²) < 4.78 is 0. The van der Waals surface area contributed by atoms with Crippen LogP contribution in [0, 0.1) is 0 Å². The number of carbonyl (C=O) groups is 1. The second-order valence-corrected chi connectivity index (χ2v) is 6.44. The Morgan fingerprint density at radius 3 is 2.76 bits per heavy atom. The van der Waals surface area contributed by atoms with Crippen molar-refractivity contribution >= 4 is 17.5 Å². The molecule has 0 spiro atoms. The number of likely N-dealkylation sites (tertiary alicyclic amines) is 1. The van der Waals surface area contributed by atoms with Crippen molar-refractivity contribution in [1.29, 1.82) is 0 Å². The lowest BCUT2D eigenvalue weighted by molar-refractivity contribution is -0.122. The molecule has 1 heterocycles. The molecule has 1 aliphatic heterocycles. The van der Waals surface area contributed by atoms with Gasteiger partial charge >= 0.3 is 0 Å². The maximum Gasteiger partial charge on any atom is 0.234 e. The van der Waals surface area contributed by atoms with Gasteiger partial charge in [0, 0.05) is 24.2 Å². The number of nitrogens with one attached hydrogen (secondary N) is 1. The van der Waals surface area contributed by atoms with Gasteiger partial charge in [0.1, 0.15) is 0 Å². The standard InChI is InChI=1S/C16H24ClN3O/c1-19(2)12-16(21)18-15-4-3-9-20(11-15)10-13-5-7-14(17)8-6-13/h5-8,15H,3-4,9-12H2,1-2H3,(H,18,21)/t15-/m0/s1. The maximum atomic E-state index is 11.8. The van der Waals surface area contributed by atoms with Crippen molar-refractivity contribution in [2.45, 2.75) is 25.4 Å². The zero-order chi connectivity index (χ0) is 15.2. The zero-order valence-electron chi connectivity index (χ0n) is 12.8. The van der Waals surface area contributed by atoms with Gasteiger partial charge in [-0.25, -0.2) is 0 Å². The number of nitrogens with zero attached hydrogens (tertiary/aromatic N) is 2. The average molecular weight is 310 g/mol. The number of hydrogen-bond donors (Lipinski definition) is 1. The third kappa shape index (κ3) is 5.65. The van der Waals surface area contributed by atoms with Crippen LogP contribution in [-0.4, -0.2) is 55.5 Å². The fourth-order valence-corrected chi connectivity index (χ4v) is 2.85. The van der Waals surface area contributed by atoms with Crippen molar-refractivity contribution in [3.05, 3.63) is 34.9 Å². The van der Waals surface area contributed by atoms with Gasteiger partial charge in [0.2, 0.25) is 5.91 Å². The van der Waals surface area contributed by atoms with Gasteiger partial charge in [0.15, 0.2) is 0 Å². The van der Waals surface area contributed by atoms with Crippen molar-refractivity contribution < 1.29 is 4.79 Å². The number of piperidine rings is 1. The molecule has 1 aliphatic rings. The Labute approximate surface area is 132 Å². The van der Waals surface area contributed by atoms with Crippen molar-refractivity contribution in [1.82, 2.24) is 15.1 Å². The molecule has 4 nitrogen and oxygen atoms in total. The van der Waals surface area contributed by atoms with E-state index >= 15 is 0 Å². The van der Waals surface area contributed by atoms with Crippen molar-refractivity contribution in [3.8, 4) is 0 Å². The van der Waals surface area contributed by atoms with Gasteiger partial charge in [0.25, 0.3) is 0 Å². The lowest BCUT2D eigenvalue weighted by Crippen LogP contribution is -2.49. The first-order valence-corrected chi connectivity index (χ1v) is 7.81. The molecular weight excluding hydrogens is 286 g/mol. The monoisotopic (exact) mass is 309 g/mol. The highest BCUT2D eigenvalue weighted by atomic mass is 35.5. The normalized spacial score (nSPS) is 19.7. The molecule has 0 bridgehead atoms. The molecule has 1 amide bonds. The molecule has 1 N–H and O–H groups in total. The number of carbonyl (C=O) groups excluding carboxylic acids is 1. The summed E-state index contributed by atoms with van der Waals surface area (Å²) in [7, 11) is 3.82. The van der Waals surface area contributed by atoms with E-state index in [4.69, 9.17) is 11.6 Å². The van der Waals surface area contributed by atoms with Gasteiger partial charge in [-0.1, -0.05) is 23.7 Å². The number of hydrogen-bond acceptors (Lipinski definition) is 3. The van der Waals surface area contributed by atoms with Crippen LogP contribution in [-0.2, 0) is 11.3 Å². The summed E-state index contributed by atoms with van der Waals surface area (Å²) in [5.41, 5.74) is 1.26. The Balaban J connectivity index is 1.83. The van der Waals surface area contributed by atoms with Gasteiger partial charge < -0.3 is 10.2 Å². The topological polar surface area (TPSA) is 35.6 Å². The molecule has 1 aromatic rings. The van der Waals surface area contributed by atoms with Crippen molar-refractivity contribution in [2.24, 2.45) is 0 Å². The predicted molar refractivity (Wildman–Crippen MR) is 86.4 cm³/mol. The number of halogens is 1. The van der Waals surface area contributed by atoms with Gasteiger partial charge in [-0.15, -0.1) is 0 Å². The molecule has 1 saturated heterocycles. The molecular formula is C16H24ClN3O. The summed E-state index contributed by atoms with van der Waals surface area (Å²) in [5.74, 6) is 0.110. The van der Waals surface area contributed by atoms with Crippen LogP contribution >= 0.6 is 11.6 Å². The molecule has 1 atom stereocenters. The third-order valence-corrected chi connectivity index (χ3v) is 3.90. The van der Waals surface area contributed by atoms with E-state index < -0.39 is 0 Å². The summed E-state index contributed by atoms with van der Waals surface area (Å²) in [4.78, 5) is 16.1. The summed E-state index contributed by atoms with van der Waals surface area (Å²) in [6.45, 7) is 3.37. The average Bonchev–Trinajstić information content (AvgIpc) is 2.41. The summed E-state index contributed by atoms with van der Waals surface area (Å²) in [6, 6.07) is 8.25. The van der Waals surface area contributed by atoms with Crippen molar-refractivity contribution in [2.75, 3.05) is 33.7 Å². The van der Waals surface area contributed by atoms with Crippen LogP contribution in [0.5, 0.6) is 0 Å². The maximum absolute atomic E-state index is 11.8. The van der Waals surface area contributed by atoms with E-state index in [-0.39, 0.29) is 11.9 Å². The van der Waals surface area contributed by atoms with Gasteiger partial charge in [-0.3, -0.25) is 9.69 Å². The number of benzene rings is 1. The van der Waals surface area contributed by atoms with Crippen molar-refractivity contribution in [3.63, 3.8) is 0 Å². The summed E-state index contributed by atoms with van der Waals surface area (Å²) >= 11 is 5.91. The Morgan fingerprint density at radius 2 is 2.10 bits per heavy atom. The molecule has 2 rings (SSSR count). The van der Waals surface area contributed by atoms with Gasteiger partial charge in [0.05, 0.1) is 6.54 Å². The van der Waals surface area contributed by atoms with Crippen LogP contribution in [0.15, 0.2) is 24.3 Å². The molecule has 0 aromatic heterocycles. The van der Waals surface area contributed by atoms with Crippen LogP contribution < -0.4 is 5.32 Å². The fourth-order valence-electron chi connectivity index (χ4n) is 2.73. The quantitative estimate of drug-likeness (QED) is 0.903. The first kappa shape index (κ1) is 16.3. The lowest BCUT2D eigenvalue weighted by atomic mass is 10.0. The second kappa shape index (κ2) is 7.78. The first-order chi connectivity index (χ1) is 10.0. The molecule has 0 aliphatic carbocycles. The van der Waals surface area contributed by atoms with Crippen LogP contribution in [0.4, 0.5) is 0 Å². The highest BCUT2D eigenvalue weighted by molar-refractivity contribution is 6.30. The highest BCUT2D eigenvalue weighted by Gasteiger charge is 2.21. The second-order valence-electron chi connectivity index (χ2n) is 6.01. The van der Waals surface area contributed by atoms with Crippen LogP contribution in [0.1, 0.15) is 18.4 Å². The minimum absolute atomic E-state index is 0.110. The fraction of sp³-hybridized carbons (Fsp3) is 0.562. The smallest absolute Gasteiger partial charge is 0.234 e. The molecule has 0 unspecified atom stereocenters. The molecule has 0 radical (unpaired) electrons. The summed E-state index contributed by atoms with van der Waals surface area (Å²) in [6.07, 6.45) is 2.19. The van der Waals surface area contributed by atoms with E-state index in [1.807, 2.05) is 31.1 Å². The minimum Gasteiger partial charge on any atom is -0.351 e. The zero-order valence-corrected chi connectivity index (χ0v) is 13.6. The van der Waals surface area contributed by atoms with Crippen LogP contribution in [0.25, 0.3) is 0 Å². The number of likely N-dealkylation sites (N-methyl/N-ethyl adjacent to an activating group) is 1. The molecule has 0 saturated carbocycles. The molecule has 21 heavy (non-hydrogen) atoms. The predicted octanol–water partition coefficient (Wildman–Crippen LogP) is 1.98. The van der Waals surface area contributed by atoms with E-state index in [1.165, 1.54) is 5.56 Å². The largest absolute Gasteiger partial charge is 0.351 e. The molecule has 116 valence electrons. The van der Waals surface area contributed by atoms with Crippen LogP contribution in [0.3, 0.4) is 0 Å². The minimum atomic E-state index is 0.110. The van der Waals surface area contributed by atoms with E-state index in [0.29, 0.717) is 6.54 Å². The van der Waals surface area contributed by atoms with Gasteiger partial charge in [-0.2, -0.15) is 0 Å². The Kier molecular flexibility index (Phi) is 6.03. The third-order valence-electron chi connectivity index (χ3n) is 3.65. The Bertz CT molecular complexity index is 461. The molecule has 5 heteroatoms. The van der Waals surface area contributed by atoms with Crippen LogP contribution in [0.2, 0.25) is 5.02 Å². The highest BCUT2D eigenvalue weighted by Crippen LogP contribution is 2.15. The molecule has 1 aromatic carbocycles. The lowest BCUT2D eigenvalue weighted by Gasteiger charge is -2.33.